The minimum atomic E-state index is -1.82. The Bertz CT molecular complexity index is 656. The van der Waals surface area contributed by atoms with Crippen molar-refractivity contribution >= 4 is 17.9 Å². The van der Waals surface area contributed by atoms with Gasteiger partial charge in [-0.2, -0.15) is 0 Å². The van der Waals surface area contributed by atoms with Gasteiger partial charge in [0.2, 0.25) is 0 Å². The number of benzene rings is 1. The molecule has 1 aromatic carbocycles. The third-order valence-electron chi connectivity index (χ3n) is 4.27. The molecule has 1 fully saturated rings. The molecule has 0 radical (unpaired) electrons. The van der Waals surface area contributed by atoms with Crippen molar-refractivity contribution in [1.82, 2.24) is 4.90 Å². The Morgan fingerprint density at radius 3 is 2.14 bits per heavy atom. The van der Waals surface area contributed by atoms with Crippen LogP contribution in [0.5, 0.6) is 11.5 Å². The summed E-state index contributed by atoms with van der Waals surface area (Å²) in [5.74, 6) is -2.12. The molecule has 1 aliphatic heterocycles. The third kappa shape index (κ3) is 7.07. The molecule has 2 N–H and O–H groups in total. The molecule has 0 unspecified atom stereocenters. The molecule has 156 valence electrons. The van der Waals surface area contributed by atoms with E-state index < -0.39 is 11.9 Å². The fraction of sp³-hybridized carbons (Fsp3) is 0.526. The van der Waals surface area contributed by atoms with E-state index >= 15 is 0 Å². The van der Waals surface area contributed by atoms with Crippen LogP contribution in [0.4, 0.5) is 0 Å². The maximum absolute atomic E-state index is 11.8. The summed E-state index contributed by atoms with van der Waals surface area (Å²) in [5, 5.41) is 14.8. The lowest BCUT2D eigenvalue weighted by atomic mass is 9.96. The van der Waals surface area contributed by atoms with Crippen molar-refractivity contribution in [3.05, 3.63) is 23.8 Å². The molecule has 0 aliphatic carbocycles. The molecule has 1 saturated heterocycles. The number of nitrogens with zero attached hydrogens (tertiary/aromatic N) is 1. The molecule has 0 atom stereocenters. The largest absolute Gasteiger partial charge is 0.493 e. The van der Waals surface area contributed by atoms with Crippen molar-refractivity contribution in [2.24, 2.45) is 5.92 Å². The molecular formula is C19H27NO8. The molecule has 9 heteroatoms. The zero-order valence-corrected chi connectivity index (χ0v) is 16.3. The minimum Gasteiger partial charge on any atom is -0.493 e. The summed E-state index contributed by atoms with van der Waals surface area (Å²) >= 11 is 0. The third-order valence-corrected chi connectivity index (χ3v) is 4.27. The number of aliphatic carboxylic acids is 2. The minimum absolute atomic E-state index is 0.0448. The van der Waals surface area contributed by atoms with Crippen LogP contribution in [-0.2, 0) is 25.7 Å². The van der Waals surface area contributed by atoms with E-state index in [0.717, 1.165) is 49.5 Å². The van der Waals surface area contributed by atoms with E-state index in [-0.39, 0.29) is 11.9 Å². The van der Waals surface area contributed by atoms with Gasteiger partial charge in [0.25, 0.3) is 0 Å². The normalized spacial score (nSPS) is 14.4. The lowest BCUT2D eigenvalue weighted by molar-refractivity contribution is -0.159. The predicted octanol–water partition coefficient (Wildman–Crippen LogP) is 1.63. The number of hydrogen-bond acceptors (Lipinski definition) is 7. The molecule has 1 heterocycles. The van der Waals surface area contributed by atoms with Crippen molar-refractivity contribution in [2.75, 3.05) is 33.9 Å². The summed E-state index contributed by atoms with van der Waals surface area (Å²) in [7, 11) is 3.31. The topological polar surface area (TPSA) is 123 Å². The molecular weight excluding hydrogens is 370 g/mol. The van der Waals surface area contributed by atoms with Crippen LogP contribution in [0.1, 0.15) is 25.3 Å². The SMILES string of the molecule is CCOC(=O)C1CCN(Cc2cccc(OC)c2OC)CC1.O=C(O)C(=O)O. The summed E-state index contributed by atoms with van der Waals surface area (Å²) in [6.45, 7) is 4.89. The Morgan fingerprint density at radius 2 is 1.68 bits per heavy atom. The van der Waals surface area contributed by atoms with Gasteiger partial charge in [-0.25, -0.2) is 9.59 Å². The number of carboxylic acid groups (broad SMARTS) is 2. The second-order valence-electron chi connectivity index (χ2n) is 6.07. The van der Waals surface area contributed by atoms with E-state index in [2.05, 4.69) is 11.0 Å². The number of piperidine rings is 1. The zero-order chi connectivity index (χ0) is 21.1. The summed E-state index contributed by atoms with van der Waals surface area (Å²) in [4.78, 5) is 32.3. The van der Waals surface area contributed by atoms with Crippen molar-refractivity contribution in [2.45, 2.75) is 26.3 Å². The van der Waals surface area contributed by atoms with Gasteiger partial charge in [0.1, 0.15) is 0 Å². The first-order valence-electron chi connectivity index (χ1n) is 8.89. The number of likely N-dealkylation sites (tertiary alicyclic amines) is 1. The van der Waals surface area contributed by atoms with Crippen LogP contribution >= 0.6 is 0 Å². The van der Waals surface area contributed by atoms with Gasteiger partial charge < -0.3 is 24.4 Å². The fourth-order valence-electron chi connectivity index (χ4n) is 2.91. The number of methoxy groups -OCH3 is 2. The smallest absolute Gasteiger partial charge is 0.414 e. The number of esters is 1. The lowest BCUT2D eigenvalue weighted by Crippen LogP contribution is -2.36. The molecule has 28 heavy (non-hydrogen) atoms. The van der Waals surface area contributed by atoms with Crippen molar-refractivity contribution in [3.63, 3.8) is 0 Å². The average molecular weight is 397 g/mol. The van der Waals surface area contributed by atoms with E-state index in [1.807, 2.05) is 19.1 Å². The Hall–Kier alpha value is -2.81. The Balaban J connectivity index is 0.000000568. The molecule has 9 nitrogen and oxygen atoms in total. The molecule has 1 aromatic rings. The van der Waals surface area contributed by atoms with Crippen LogP contribution in [0.2, 0.25) is 0 Å². The first kappa shape index (κ1) is 23.2. The Kier molecular flexibility index (Phi) is 9.80. The van der Waals surface area contributed by atoms with Crippen LogP contribution in [-0.4, -0.2) is 66.9 Å². The molecule has 2 rings (SSSR count). The van der Waals surface area contributed by atoms with Crippen LogP contribution in [0.15, 0.2) is 18.2 Å². The van der Waals surface area contributed by atoms with Gasteiger partial charge >= 0.3 is 17.9 Å². The van der Waals surface area contributed by atoms with E-state index in [1.165, 1.54) is 0 Å². The predicted molar refractivity (Wildman–Crippen MR) is 99.5 cm³/mol. The molecule has 0 aromatic heterocycles. The second-order valence-corrected chi connectivity index (χ2v) is 6.07. The van der Waals surface area contributed by atoms with Crippen LogP contribution in [0.25, 0.3) is 0 Å². The molecule has 1 aliphatic rings. The van der Waals surface area contributed by atoms with Gasteiger partial charge in [0.15, 0.2) is 11.5 Å². The highest BCUT2D eigenvalue weighted by atomic mass is 16.5. The highest BCUT2D eigenvalue weighted by Crippen LogP contribution is 2.32. The molecule has 0 bridgehead atoms. The van der Waals surface area contributed by atoms with Crippen molar-refractivity contribution in [3.8, 4) is 11.5 Å². The fourth-order valence-corrected chi connectivity index (χ4v) is 2.91. The number of ether oxygens (including phenoxy) is 3. The highest BCUT2D eigenvalue weighted by Gasteiger charge is 2.26. The number of carbonyl (C=O) groups is 3. The molecule has 0 amide bonds. The number of carboxylic acids is 2. The first-order chi connectivity index (χ1) is 13.3. The van der Waals surface area contributed by atoms with Gasteiger partial charge in [0, 0.05) is 12.1 Å². The Morgan fingerprint density at radius 1 is 1.07 bits per heavy atom. The monoisotopic (exact) mass is 397 g/mol. The Labute approximate surface area is 163 Å². The molecule has 0 spiro atoms. The van der Waals surface area contributed by atoms with Gasteiger partial charge in [-0.1, -0.05) is 12.1 Å². The van der Waals surface area contributed by atoms with Gasteiger partial charge in [-0.15, -0.1) is 0 Å². The number of para-hydroxylation sites is 1. The first-order valence-corrected chi connectivity index (χ1v) is 8.89. The summed E-state index contributed by atoms with van der Waals surface area (Å²) < 4.78 is 15.9. The standard InChI is InChI=1S/C17H25NO4.C2H2O4/c1-4-22-17(19)13-8-10-18(11-9-13)12-14-6-5-7-15(20-2)16(14)21-3;3-1(4)2(5)6/h5-7,13H,4,8-12H2,1-3H3;(H,3,4)(H,5,6). The summed E-state index contributed by atoms with van der Waals surface area (Å²) in [6.07, 6.45) is 1.70. The van der Waals surface area contributed by atoms with Crippen LogP contribution in [0, 0.1) is 5.92 Å². The van der Waals surface area contributed by atoms with Crippen molar-refractivity contribution < 1.29 is 38.8 Å². The van der Waals surface area contributed by atoms with E-state index in [9.17, 15) is 4.79 Å². The lowest BCUT2D eigenvalue weighted by Gasteiger charge is -2.31. The summed E-state index contributed by atoms with van der Waals surface area (Å²) in [5.41, 5.74) is 1.11. The number of carbonyl (C=O) groups excluding carboxylic acids is 1. The van der Waals surface area contributed by atoms with Crippen LogP contribution < -0.4 is 9.47 Å². The maximum Gasteiger partial charge on any atom is 0.414 e. The van der Waals surface area contributed by atoms with Crippen molar-refractivity contribution in [1.29, 1.82) is 0 Å². The number of hydrogen-bond donors (Lipinski definition) is 2. The van der Waals surface area contributed by atoms with E-state index in [1.54, 1.807) is 14.2 Å². The van der Waals surface area contributed by atoms with E-state index in [4.69, 9.17) is 34.0 Å². The molecule has 0 saturated carbocycles. The highest BCUT2D eigenvalue weighted by molar-refractivity contribution is 6.27. The number of rotatable bonds is 6. The van der Waals surface area contributed by atoms with Gasteiger partial charge in [0.05, 0.1) is 26.7 Å². The second kappa shape index (κ2) is 11.8. The van der Waals surface area contributed by atoms with Gasteiger partial charge in [-0.05, 0) is 38.9 Å². The van der Waals surface area contributed by atoms with Gasteiger partial charge in [-0.3, -0.25) is 9.69 Å². The zero-order valence-electron chi connectivity index (χ0n) is 16.3. The van der Waals surface area contributed by atoms with Crippen LogP contribution in [0.3, 0.4) is 0 Å². The maximum atomic E-state index is 11.8. The quantitative estimate of drug-likeness (QED) is 0.544. The average Bonchev–Trinajstić information content (AvgIpc) is 2.68. The summed E-state index contributed by atoms with van der Waals surface area (Å²) in [6, 6.07) is 5.93. The van der Waals surface area contributed by atoms with E-state index in [0.29, 0.717) is 6.61 Å².